The molecule has 0 bridgehead atoms. The van der Waals surface area contributed by atoms with Gasteiger partial charge in [-0.05, 0) is 43.2 Å². The van der Waals surface area contributed by atoms with E-state index in [1.165, 1.54) is 0 Å². The SMILES string of the molecule is O=C(NC1CCN(CC=CC2COc3ccccc3O2)CC1)c1ccccc1. The van der Waals surface area contributed by atoms with Gasteiger partial charge in [0.25, 0.3) is 5.91 Å². The first-order chi connectivity index (χ1) is 13.8. The molecule has 1 atom stereocenters. The highest BCUT2D eigenvalue weighted by atomic mass is 16.6. The highest BCUT2D eigenvalue weighted by Crippen LogP contribution is 2.31. The van der Waals surface area contributed by atoms with E-state index in [9.17, 15) is 4.79 Å². The standard InChI is InChI=1S/C23H26N2O3/c26-23(18-7-2-1-3-8-18)24-19-12-15-25(16-13-19)14-6-9-20-17-27-21-10-4-5-11-22(21)28-20/h1-11,19-20H,12-17H2,(H,24,26). The molecule has 0 spiro atoms. The number of nitrogens with zero attached hydrogens (tertiary/aromatic N) is 1. The number of hydrogen-bond donors (Lipinski definition) is 1. The molecule has 0 saturated carbocycles. The van der Waals surface area contributed by atoms with Crippen LogP contribution < -0.4 is 14.8 Å². The van der Waals surface area contributed by atoms with Crippen LogP contribution in [0.3, 0.4) is 0 Å². The average molecular weight is 378 g/mol. The second-order valence-corrected chi connectivity index (χ2v) is 7.26. The van der Waals surface area contributed by atoms with Crippen LogP contribution in [0.5, 0.6) is 11.5 Å². The molecule has 5 heteroatoms. The number of nitrogens with one attached hydrogen (secondary N) is 1. The summed E-state index contributed by atoms with van der Waals surface area (Å²) in [6, 6.07) is 17.4. The van der Waals surface area contributed by atoms with E-state index in [-0.39, 0.29) is 18.1 Å². The van der Waals surface area contributed by atoms with Gasteiger partial charge in [-0.25, -0.2) is 0 Å². The Morgan fingerprint density at radius 1 is 1.04 bits per heavy atom. The van der Waals surface area contributed by atoms with Gasteiger partial charge in [0.15, 0.2) is 17.6 Å². The number of carbonyl (C=O) groups is 1. The van der Waals surface area contributed by atoms with Gasteiger partial charge in [-0.15, -0.1) is 0 Å². The third-order valence-electron chi connectivity index (χ3n) is 5.20. The molecule has 1 N–H and O–H groups in total. The smallest absolute Gasteiger partial charge is 0.251 e. The summed E-state index contributed by atoms with van der Waals surface area (Å²) < 4.78 is 11.7. The van der Waals surface area contributed by atoms with E-state index in [2.05, 4.69) is 22.4 Å². The Balaban J connectivity index is 1.19. The predicted octanol–water partition coefficient (Wildman–Crippen LogP) is 3.28. The summed E-state index contributed by atoms with van der Waals surface area (Å²) >= 11 is 0. The first-order valence-corrected chi connectivity index (χ1v) is 9.91. The maximum absolute atomic E-state index is 12.3. The molecule has 5 nitrogen and oxygen atoms in total. The number of piperidine rings is 1. The first-order valence-electron chi connectivity index (χ1n) is 9.91. The lowest BCUT2D eigenvalue weighted by atomic mass is 10.0. The Morgan fingerprint density at radius 2 is 1.75 bits per heavy atom. The second-order valence-electron chi connectivity index (χ2n) is 7.26. The van der Waals surface area contributed by atoms with Crippen molar-refractivity contribution in [3.8, 4) is 11.5 Å². The van der Waals surface area contributed by atoms with Crippen LogP contribution in [0.2, 0.25) is 0 Å². The van der Waals surface area contributed by atoms with Crippen molar-refractivity contribution in [3.05, 3.63) is 72.3 Å². The minimum atomic E-state index is -0.0439. The summed E-state index contributed by atoms with van der Waals surface area (Å²) in [5, 5.41) is 3.15. The Kier molecular flexibility index (Phi) is 5.92. The van der Waals surface area contributed by atoms with E-state index in [1.807, 2.05) is 54.6 Å². The quantitative estimate of drug-likeness (QED) is 0.812. The van der Waals surface area contributed by atoms with E-state index < -0.39 is 0 Å². The van der Waals surface area contributed by atoms with Crippen LogP contribution in [0.15, 0.2) is 66.7 Å². The number of benzene rings is 2. The van der Waals surface area contributed by atoms with Gasteiger partial charge in [0, 0.05) is 31.2 Å². The van der Waals surface area contributed by atoms with Crippen LogP contribution >= 0.6 is 0 Å². The highest BCUT2D eigenvalue weighted by Gasteiger charge is 2.21. The molecule has 2 aromatic carbocycles. The first kappa shape index (κ1) is 18.6. The van der Waals surface area contributed by atoms with Gasteiger partial charge in [0.2, 0.25) is 0 Å². The lowest BCUT2D eigenvalue weighted by Crippen LogP contribution is -2.44. The molecule has 2 aliphatic heterocycles. The molecule has 1 unspecified atom stereocenters. The van der Waals surface area contributed by atoms with Crippen molar-refractivity contribution in [2.24, 2.45) is 0 Å². The Bertz CT molecular complexity index is 814. The molecule has 2 heterocycles. The van der Waals surface area contributed by atoms with Gasteiger partial charge in [0.1, 0.15) is 6.61 Å². The summed E-state index contributed by atoms with van der Waals surface area (Å²) in [5.74, 6) is 1.64. The molecule has 4 rings (SSSR count). The van der Waals surface area contributed by atoms with Crippen molar-refractivity contribution >= 4 is 5.91 Å². The van der Waals surface area contributed by atoms with E-state index >= 15 is 0 Å². The lowest BCUT2D eigenvalue weighted by Gasteiger charge is -2.31. The van der Waals surface area contributed by atoms with E-state index in [4.69, 9.17) is 9.47 Å². The third kappa shape index (κ3) is 4.73. The fourth-order valence-electron chi connectivity index (χ4n) is 3.61. The molecule has 1 saturated heterocycles. The molecule has 146 valence electrons. The number of para-hydroxylation sites is 2. The lowest BCUT2D eigenvalue weighted by molar-refractivity contribution is 0.0913. The van der Waals surface area contributed by atoms with Crippen LogP contribution in [-0.4, -0.2) is 49.2 Å². The van der Waals surface area contributed by atoms with Crippen LogP contribution in [0.25, 0.3) is 0 Å². The second kappa shape index (κ2) is 8.93. The van der Waals surface area contributed by atoms with E-state index in [0.29, 0.717) is 6.61 Å². The van der Waals surface area contributed by atoms with Crippen molar-refractivity contribution in [3.63, 3.8) is 0 Å². The molecule has 0 aliphatic carbocycles. The third-order valence-corrected chi connectivity index (χ3v) is 5.20. The summed E-state index contributed by atoms with van der Waals surface area (Å²) in [5.41, 5.74) is 0.726. The normalized spacial score (nSPS) is 20.2. The van der Waals surface area contributed by atoms with Crippen LogP contribution in [0.4, 0.5) is 0 Å². The van der Waals surface area contributed by atoms with E-state index in [0.717, 1.165) is 49.5 Å². The molecule has 0 aromatic heterocycles. The number of hydrogen-bond acceptors (Lipinski definition) is 4. The van der Waals surface area contributed by atoms with Gasteiger partial charge in [0.05, 0.1) is 0 Å². The molecular weight excluding hydrogens is 352 g/mol. The minimum Gasteiger partial charge on any atom is -0.485 e. The van der Waals surface area contributed by atoms with Gasteiger partial charge >= 0.3 is 0 Å². The molecule has 1 amide bonds. The monoisotopic (exact) mass is 378 g/mol. The van der Waals surface area contributed by atoms with Crippen molar-refractivity contribution in [1.82, 2.24) is 10.2 Å². The fraction of sp³-hybridized carbons (Fsp3) is 0.348. The maximum Gasteiger partial charge on any atom is 0.251 e. The number of ether oxygens (including phenoxy) is 2. The number of carbonyl (C=O) groups excluding carboxylic acids is 1. The van der Waals surface area contributed by atoms with Crippen molar-refractivity contribution in [2.45, 2.75) is 25.0 Å². The largest absolute Gasteiger partial charge is 0.485 e. The molecule has 0 radical (unpaired) electrons. The van der Waals surface area contributed by atoms with Gasteiger partial charge in [-0.3, -0.25) is 9.69 Å². The maximum atomic E-state index is 12.3. The number of fused-ring (bicyclic) bond motifs is 1. The average Bonchev–Trinajstić information content (AvgIpc) is 2.75. The highest BCUT2D eigenvalue weighted by molar-refractivity contribution is 5.94. The van der Waals surface area contributed by atoms with Crippen molar-refractivity contribution < 1.29 is 14.3 Å². The molecular formula is C23H26N2O3. The topological polar surface area (TPSA) is 50.8 Å². The summed E-state index contributed by atoms with van der Waals surface area (Å²) in [4.78, 5) is 14.7. The fourth-order valence-corrected chi connectivity index (χ4v) is 3.61. The van der Waals surface area contributed by atoms with Crippen molar-refractivity contribution in [2.75, 3.05) is 26.2 Å². The number of likely N-dealkylation sites (tertiary alicyclic amines) is 1. The number of rotatable bonds is 5. The zero-order valence-corrected chi connectivity index (χ0v) is 15.9. The molecule has 2 aromatic rings. The summed E-state index contributed by atoms with van der Waals surface area (Å²) in [6.07, 6.45) is 6.15. The Hall–Kier alpha value is -2.79. The van der Waals surface area contributed by atoms with Crippen LogP contribution in [0, 0.1) is 0 Å². The zero-order valence-electron chi connectivity index (χ0n) is 15.9. The summed E-state index contributed by atoms with van der Waals surface area (Å²) in [6.45, 7) is 3.39. The molecule has 1 fully saturated rings. The minimum absolute atomic E-state index is 0.0219. The number of amides is 1. The predicted molar refractivity (Wildman–Crippen MR) is 109 cm³/mol. The van der Waals surface area contributed by atoms with Gasteiger partial charge in [-0.1, -0.05) is 36.4 Å². The Labute approximate surface area is 165 Å². The van der Waals surface area contributed by atoms with Gasteiger partial charge in [-0.2, -0.15) is 0 Å². The van der Waals surface area contributed by atoms with Crippen LogP contribution in [-0.2, 0) is 0 Å². The molecule has 2 aliphatic rings. The van der Waals surface area contributed by atoms with Crippen LogP contribution in [0.1, 0.15) is 23.2 Å². The Morgan fingerprint density at radius 3 is 2.54 bits per heavy atom. The molecule has 28 heavy (non-hydrogen) atoms. The van der Waals surface area contributed by atoms with E-state index in [1.54, 1.807) is 0 Å². The van der Waals surface area contributed by atoms with Gasteiger partial charge < -0.3 is 14.8 Å². The summed E-state index contributed by atoms with van der Waals surface area (Å²) in [7, 11) is 0. The zero-order chi connectivity index (χ0) is 19.2. The van der Waals surface area contributed by atoms with Crippen molar-refractivity contribution in [1.29, 1.82) is 0 Å².